The van der Waals surface area contributed by atoms with Crippen LogP contribution in [0.25, 0.3) is 21.9 Å². The number of aryl methyl sites for hydroxylation is 1. The number of likely N-dealkylation sites (tertiary alicyclic amines) is 1. The van der Waals surface area contributed by atoms with E-state index in [1.807, 2.05) is 0 Å². The van der Waals surface area contributed by atoms with Gasteiger partial charge in [-0.1, -0.05) is 12.1 Å². The number of rotatable bonds is 7. The molecule has 3 fully saturated rings. The molecule has 3 amide bonds. The molecule has 13 nitrogen and oxygen atoms in total. The minimum absolute atomic E-state index is 0.000556. The maximum Gasteiger partial charge on any atom is 0.434 e. The van der Waals surface area contributed by atoms with Crippen LogP contribution in [0.2, 0.25) is 0 Å². The molecule has 1 aliphatic carbocycles. The van der Waals surface area contributed by atoms with Gasteiger partial charge in [-0.3, -0.25) is 43.4 Å². The number of nitrogens with one attached hydrogen (secondary N) is 2. The number of hydrogen-bond donors (Lipinski definition) is 2. The average Bonchev–Trinajstić information content (AvgIpc) is 3.70. The van der Waals surface area contributed by atoms with Crippen LogP contribution >= 0.6 is 0 Å². The lowest BCUT2D eigenvalue weighted by Crippen LogP contribution is -2.49. The number of alkyl halides is 5. The molecule has 5 heterocycles. The molecule has 2 aliphatic heterocycles. The van der Waals surface area contributed by atoms with Crippen molar-refractivity contribution in [2.75, 3.05) is 25.0 Å². The predicted molar refractivity (Wildman–Crippen MR) is 193 cm³/mol. The molecule has 2 N–H and O–H groups in total. The summed E-state index contributed by atoms with van der Waals surface area (Å²) >= 11 is 0. The molecule has 1 unspecified atom stereocenters. The van der Waals surface area contributed by atoms with E-state index in [-0.39, 0.29) is 42.4 Å². The third kappa shape index (κ3) is 7.28. The molecule has 3 aliphatic rings. The molecule has 2 aromatic carbocycles. The highest BCUT2D eigenvalue weighted by atomic mass is 19.4. The zero-order valence-electron chi connectivity index (χ0n) is 30.5. The van der Waals surface area contributed by atoms with Crippen molar-refractivity contribution in [3.05, 3.63) is 82.2 Å². The van der Waals surface area contributed by atoms with Gasteiger partial charge in [-0.05, 0) is 74.8 Å². The van der Waals surface area contributed by atoms with Crippen LogP contribution < -0.4 is 16.3 Å². The monoisotopic (exact) mass is 797 g/mol. The van der Waals surface area contributed by atoms with Crippen molar-refractivity contribution in [1.82, 2.24) is 39.1 Å². The predicted octanol–water partition coefficient (Wildman–Crippen LogP) is 5.72. The molecule has 19 heteroatoms. The van der Waals surface area contributed by atoms with E-state index in [0.717, 1.165) is 25.1 Å². The Morgan fingerprint density at radius 3 is 2.53 bits per heavy atom. The number of para-hydroxylation sites is 1. The highest BCUT2D eigenvalue weighted by molar-refractivity contribution is 6.03. The maximum atomic E-state index is 16.1. The number of carbonyl (C=O) groups excluding carboxylic acids is 3. The van der Waals surface area contributed by atoms with Crippen molar-refractivity contribution in [2.24, 2.45) is 13.0 Å². The Kier molecular flexibility index (Phi) is 9.68. The number of aromatic nitrogens is 6. The number of fused-ring (bicyclic) bond motifs is 2. The molecule has 2 saturated heterocycles. The summed E-state index contributed by atoms with van der Waals surface area (Å²) in [6, 6.07) is 6.34. The molecule has 300 valence electrons. The SMILES string of the molecule is Cn1c(=O)n(C2CCC(=O)NC2=O)c2cccc([C@@H]3CCN(CC4CCC(n5cc6cc(NC(=O)c7cncc(C(F)(F)F)n7)cc(F)c6n5)CC4)CC3(F)F)c21. The van der Waals surface area contributed by atoms with Crippen molar-refractivity contribution in [3.8, 4) is 0 Å². The minimum Gasteiger partial charge on any atom is -0.320 e. The fraction of sp³-hybridized carbons (Fsp3) is 0.447. The van der Waals surface area contributed by atoms with E-state index in [9.17, 15) is 32.3 Å². The fourth-order valence-corrected chi connectivity index (χ4v) is 8.66. The molecule has 2 atom stereocenters. The average molecular weight is 798 g/mol. The summed E-state index contributed by atoms with van der Waals surface area (Å²) in [5.74, 6) is -6.88. The fourth-order valence-electron chi connectivity index (χ4n) is 8.66. The van der Waals surface area contributed by atoms with Gasteiger partial charge in [0.15, 0.2) is 11.5 Å². The maximum absolute atomic E-state index is 16.1. The Morgan fingerprint density at radius 1 is 1.04 bits per heavy atom. The summed E-state index contributed by atoms with van der Waals surface area (Å²) in [4.78, 5) is 58.9. The number of imidazole rings is 1. The molecule has 0 radical (unpaired) electrons. The second-order valence-electron chi connectivity index (χ2n) is 15.2. The summed E-state index contributed by atoms with van der Waals surface area (Å²) in [7, 11) is 1.50. The molecule has 1 saturated carbocycles. The van der Waals surface area contributed by atoms with Gasteiger partial charge in [-0.2, -0.15) is 18.3 Å². The van der Waals surface area contributed by atoms with Crippen molar-refractivity contribution < 1.29 is 40.7 Å². The smallest absolute Gasteiger partial charge is 0.320 e. The van der Waals surface area contributed by atoms with Crippen LogP contribution in [-0.2, 0) is 22.8 Å². The first-order valence-electron chi connectivity index (χ1n) is 18.6. The van der Waals surface area contributed by atoms with Crippen LogP contribution in [-0.4, -0.2) is 77.1 Å². The number of halogens is 6. The third-order valence-electron chi connectivity index (χ3n) is 11.4. The van der Waals surface area contributed by atoms with E-state index in [1.54, 1.807) is 34.0 Å². The lowest BCUT2D eigenvalue weighted by molar-refractivity contribution is -0.141. The second-order valence-corrected chi connectivity index (χ2v) is 15.2. The van der Waals surface area contributed by atoms with Gasteiger partial charge in [0.25, 0.3) is 11.8 Å². The Labute approximate surface area is 320 Å². The number of amides is 3. The summed E-state index contributed by atoms with van der Waals surface area (Å²) in [5, 5.41) is 9.44. The second kappa shape index (κ2) is 14.4. The molecule has 5 aromatic rings. The van der Waals surface area contributed by atoms with Crippen LogP contribution in [0.3, 0.4) is 0 Å². The highest BCUT2D eigenvalue weighted by Gasteiger charge is 2.47. The van der Waals surface area contributed by atoms with Crippen molar-refractivity contribution in [3.63, 3.8) is 0 Å². The zero-order valence-corrected chi connectivity index (χ0v) is 30.5. The number of piperidine rings is 2. The number of nitrogens with zero attached hydrogens (tertiary/aromatic N) is 7. The lowest BCUT2D eigenvalue weighted by Gasteiger charge is -2.41. The van der Waals surface area contributed by atoms with Gasteiger partial charge in [0.05, 0.1) is 41.9 Å². The lowest BCUT2D eigenvalue weighted by atomic mass is 9.83. The van der Waals surface area contributed by atoms with Gasteiger partial charge >= 0.3 is 11.9 Å². The third-order valence-corrected chi connectivity index (χ3v) is 11.4. The van der Waals surface area contributed by atoms with Crippen LogP contribution in [0.1, 0.15) is 84.7 Å². The topological polar surface area (TPSA) is 149 Å². The van der Waals surface area contributed by atoms with E-state index in [4.69, 9.17) is 0 Å². The van der Waals surface area contributed by atoms with E-state index in [2.05, 4.69) is 25.7 Å². The van der Waals surface area contributed by atoms with Gasteiger partial charge in [0.1, 0.15) is 17.3 Å². The molecule has 0 spiro atoms. The van der Waals surface area contributed by atoms with Gasteiger partial charge < -0.3 is 5.32 Å². The number of anilines is 1. The Hall–Kier alpha value is -5.59. The quantitative estimate of drug-likeness (QED) is 0.157. The van der Waals surface area contributed by atoms with Gasteiger partial charge in [0.2, 0.25) is 11.8 Å². The van der Waals surface area contributed by atoms with E-state index in [0.29, 0.717) is 54.1 Å². The van der Waals surface area contributed by atoms with Gasteiger partial charge in [-0.15, -0.1) is 0 Å². The molecule has 8 rings (SSSR count). The molecule has 0 bridgehead atoms. The van der Waals surface area contributed by atoms with Crippen molar-refractivity contribution >= 4 is 45.3 Å². The number of carbonyl (C=O) groups is 3. The number of benzene rings is 2. The molecule has 3 aromatic heterocycles. The summed E-state index contributed by atoms with van der Waals surface area (Å²) in [6.07, 6.45) is 1.37. The zero-order chi connectivity index (χ0) is 40.4. The van der Waals surface area contributed by atoms with Crippen LogP contribution in [0.4, 0.5) is 32.0 Å². The summed E-state index contributed by atoms with van der Waals surface area (Å²) < 4.78 is 90.7. The Balaban J connectivity index is 0.901. The first-order chi connectivity index (χ1) is 27.1. The van der Waals surface area contributed by atoms with Crippen LogP contribution in [0, 0.1) is 11.7 Å². The molecular weight excluding hydrogens is 760 g/mol. The first kappa shape index (κ1) is 38.3. The number of hydrogen-bond acceptors (Lipinski definition) is 8. The van der Waals surface area contributed by atoms with Crippen LogP contribution in [0.15, 0.2) is 53.7 Å². The molecule has 57 heavy (non-hydrogen) atoms. The van der Waals surface area contributed by atoms with Gasteiger partial charge in [-0.25, -0.2) is 22.9 Å². The van der Waals surface area contributed by atoms with Crippen molar-refractivity contribution in [1.29, 1.82) is 0 Å². The Morgan fingerprint density at radius 2 is 1.81 bits per heavy atom. The van der Waals surface area contributed by atoms with E-state index < -0.39 is 71.2 Å². The number of imide groups is 1. The highest BCUT2D eigenvalue weighted by Crippen LogP contribution is 2.44. The molecular formula is C38H37F6N9O4. The van der Waals surface area contributed by atoms with E-state index in [1.165, 1.54) is 22.2 Å². The van der Waals surface area contributed by atoms with E-state index >= 15 is 13.2 Å². The van der Waals surface area contributed by atoms with Crippen molar-refractivity contribution in [2.45, 2.75) is 75.0 Å². The first-order valence-corrected chi connectivity index (χ1v) is 18.6. The normalized spacial score (nSPS) is 23.2. The summed E-state index contributed by atoms with van der Waals surface area (Å²) in [5.41, 5.74) is -1.33. The Bertz CT molecular complexity index is 2470. The standard InChI is InChI=1S/C38H37F6N9O4/c1-50-33-24(3-2-4-28(33)53(36(50)57)29-9-10-31(54)48-35(29)56)25-11-12-51(19-37(25,40)41)17-20-5-7-23(8-6-20)52-18-21-13-22(14-26(39)32(21)49-52)46-34(55)27-15-45-16-30(47-27)38(42,43)44/h2-4,13-16,18,20,23,25,29H,5-12,17,19H2,1H3,(H,46,55)(H,48,54,56)/t20?,23?,25-,29?/m0/s1. The summed E-state index contributed by atoms with van der Waals surface area (Å²) in [6.45, 7) is 0.429. The minimum atomic E-state index is -4.80. The van der Waals surface area contributed by atoms with Gasteiger partial charge in [0, 0.05) is 37.3 Å². The largest absolute Gasteiger partial charge is 0.434 e. The van der Waals surface area contributed by atoms with Crippen LogP contribution in [0.5, 0.6) is 0 Å².